The Morgan fingerprint density at radius 2 is 1.63 bits per heavy atom. The van der Waals surface area contributed by atoms with Crippen molar-refractivity contribution in [2.24, 2.45) is 23.3 Å². The molecule has 1 amide bonds. The van der Waals surface area contributed by atoms with E-state index in [1.54, 1.807) is 0 Å². The predicted octanol–water partition coefficient (Wildman–Crippen LogP) is 5.31. The second-order valence-electron chi connectivity index (χ2n) is 8.62. The maximum Gasteiger partial charge on any atom is 0.217 e. The highest BCUT2D eigenvalue weighted by molar-refractivity contribution is 5.73. The quantitative estimate of drug-likeness (QED) is 0.488. The van der Waals surface area contributed by atoms with Gasteiger partial charge in [-0.3, -0.25) is 4.79 Å². The molecule has 1 aliphatic carbocycles. The van der Waals surface area contributed by atoms with Crippen LogP contribution in [-0.4, -0.2) is 12.5 Å². The minimum Gasteiger partial charge on any atom is -0.370 e. The molecule has 0 aromatic heterocycles. The van der Waals surface area contributed by atoms with Gasteiger partial charge in [0.15, 0.2) is 0 Å². The molecule has 0 spiro atoms. The first-order valence-corrected chi connectivity index (χ1v) is 11.2. The first kappa shape index (κ1) is 21.9. The van der Waals surface area contributed by atoms with Crippen molar-refractivity contribution < 1.29 is 4.79 Å². The summed E-state index contributed by atoms with van der Waals surface area (Å²) in [6.07, 6.45) is 13.9. The van der Waals surface area contributed by atoms with Crippen molar-refractivity contribution in [1.29, 1.82) is 0 Å². The van der Waals surface area contributed by atoms with E-state index in [0.717, 1.165) is 37.6 Å². The van der Waals surface area contributed by atoms with Crippen LogP contribution in [0.2, 0.25) is 0 Å². The summed E-state index contributed by atoms with van der Waals surface area (Å²) in [7, 11) is 0. The molecule has 0 saturated heterocycles. The lowest BCUT2D eigenvalue weighted by Crippen LogP contribution is -2.22. The van der Waals surface area contributed by atoms with Gasteiger partial charge in [-0.25, -0.2) is 0 Å². The molecule has 3 heteroatoms. The Morgan fingerprint density at radius 1 is 1.00 bits per heavy atom. The molecule has 3 nitrogen and oxygen atoms in total. The van der Waals surface area contributed by atoms with Crippen molar-refractivity contribution in [3.05, 3.63) is 35.4 Å². The van der Waals surface area contributed by atoms with Crippen LogP contribution in [0.4, 0.5) is 0 Å². The average molecular weight is 373 g/mol. The van der Waals surface area contributed by atoms with Gasteiger partial charge >= 0.3 is 0 Å². The molecule has 0 heterocycles. The summed E-state index contributed by atoms with van der Waals surface area (Å²) in [6, 6.07) is 9.42. The lowest BCUT2D eigenvalue weighted by molar-refractivity contribution is -0.118. The number of carbonyl (C=O) groups excluding carboxylic acids is 1. The molecular formula is C24H40N2O. The molecular weight excluding hydrogens is 332 g/mol. The van der Waals surface area contributed by atoms with Crippen LogP contribution in [0.25, 0.3) is 0 Å². The van der Waals surface area contributed by atoms with Crippen LogP contribution in [0.1, 0.15) is 94.6 Å². The van der Waals surface area contributed by atoms with E-state index in [0.29, 0.717) is 12.3 Å². The number of benzene rings is 1. The Kier molecular flexibility index (Phi) is 9.90. The summed E-state index contributed by atoms with van der Waals surface area (Å²) >= 11 is 0. The van der Waals surface area contributed by atoms with Crippen LogP contribution in [0, 0.1) is 11.8 Å². The number of amides is 1. The van der Waals surface area contributed by atoms with E-state index in [-0.39, 0.29) is 5.91 Å². The number of carbonyl (C=O) groups is 1. The van der Waals surface area contributed by atoms with E-state index < -0.39 is 0 Å². The molecule has 1 aliphatic rings. The largest absolute Gasteiger partial charge is 0.370 e. The Balaban J connectivity index is 1.86. The summed E-state index contributed by atoms with van der Waals surface area (Å²) in [6.45, 7) is 3.12. The van der Waals surface area contributed by atoms with Crippen LogP contribution < -0.4 is 11.5 Å². The molecule has 1 aromatic rings. The van der Waals surface area contributed by atoms with Gasteiger partial charge in [0, 0.05) is 6.42 Å². The normalized spacial score (nSPS) is 21.1. The minimum atomic E-state index is -0.176. The molecule has 4 N–H and O–H groups in total. The second kappa shape index (κ2) is 12.2. The fourth-order valence-electron chi connectivity index (χ4n) is 4.55. The molecule has 1 atom stereocenters. The zero-order valence-electron chi connectivity index (χ0n) is 17.3. The molecule has 0 aliphatic heterocycles. The van der Waals surface area contributed by atoms with Crippen LogP contribution in [-0.2, 0) is 11.2 Å². The van der Waals surface area contributed by atoms with Crippen molar-refractivity contribution >= 4 is 5.91 Å². The zero-order chi connectivity index (χ0) is 19.5. The minimum absolute atomic E-state index is 0.176. The Bertz CT molecular complexity index is 532. The lowest BCUT2D eigenvalue weighted by atomic mass is 9.79. The van der Waals surface area contributed by atoms with Gasteiger partial charge in [0.25, 0.3) is 0 Å². The molecule has 1 fully saturated rings. The van der Waals surface area contributed by atoms with Gasteiger partial charge in [-0.2, -0.15) is 0 Å². The summed E-state index contributed by atoms with van der Waals surface area (Å²) in [5, 5.41) is 0. The van der Waals surface area contributed by atoms with E-state index in [9.17, 15) is 4.79 Å². The van der Waals surface area contributed by atoms with Gasteiger partial charge in [-0.1, -0.05) is 50.5 Å². The van der Waals surface area contributed by atoms with Gasteiger partial charge in [0.2, 0.25) is 5.91 Å². The van der Waals surface area contributed by atoms with Gasteiger partial charge in [0.05, 0.1) is 0 Å². The number of rotatable bonds is 12. The van der Waals surface area contributed by atoms with E-state index in [4.69, 9.17) is 11.5 Å². The van der Waals surface area contributed by atoms with Crippen LogP contribution in [0.3, 0.4) is 0 Å². The number of hydrogen-bond acceptors (Lipinski definition) is 2. The standard InChI is InChI=1S/C24H40N2O/c1-2-3-6-22(7-4-5-8-24(26)27)23-15-13-20(14-16-23)17-19-9-11-21(18-25)12-10-19/h13-16,19,21-22H,2-12,17-18,25H2,1H3,(H2,26,27). The first-order valence-electron chi connectivity index (χ1n) is 11.2. The summed E-state index contributed by atoms with van der Waals surface area (Å²) in [5.74, 6) is 2.04. The fourth-order valence-corrected chi connectivity index (χ4v) is 4.55. The van der Waals surface area contributed by atoms with Gasteiger partial charge in [0.1, 0.15) is 0 Å². The van der Waals surface area contributed by atoms with E-state index in [1.807, 2.05) is 0 Å². The maximum absolute atomic E-state index is 10.9. The molecule has 0 bridgehead atoms. The molecule has 2 rings (SSSR count). The van der Waals surface area contributed by atoms with Gasteiger partial charge in [-0.05, 0) is 86.8 Å². The SMILES string of the molecule is CCCCC(CCCCC(N)=O)c1ccc(CC2CCC(CN)CC2)cc1. The van der Waals surface area contributed by atoms with Gasteiger partial charge < -0.3 is 11.5 Å². The van der Waals surface area contributed by atoms with Gasteiger partial charge in [-0.15, -0.1) is 0 Å². The molecule has 1 aromatic carbocycles. The van der Waals surface area contributed by atoms with Crippen molar-refractivity contribution in [3.8, 4) is 0 Å². The highest BCUT2D eigenvalue weighted by Gasteiger charge is 2.20. The van der Waals surface area contributed by atoms with E-state index in [1.165, 1.54) is 62.5 Å². The van der Waals surface area contributed by atoms with E-state index in [2.05, 4.69) is 31.2 Å². The average Bonchev–Trinajstić information content (AvgIpc) is 2.68. The predicted molar refractivity (Wildman–Crippen MR) is 115 cm³/mol. The Morgan fingerprint density at radius 3 is 2.22 bits per heavy atom. The number of primary amides is 1. The lowest BCUT2D eigenvalue weighted by Gasteiger charge is -2.27. The van der Waals surface area contributed by atoms with Crippen molar-refractivity contribution in [2.75, 3.05) is 6.54 Å². The highest BCUT2D eigenvalue weighted by Crippen LogP contribution is 2.32. The number of hydrogen-bond donors (Lipinski definition) is 2. The number of nitrogens with two attached hydrogens (primary N) is 2. The number of unbranched alkanes of at least 4 members (excludes halogenated alkanes) is 2. The van der Waals surface area contributed by atoms with Crippen molar-refractivity contribution in [3.63, 3.8) is 0 Å². The Labute approximate surface area is 166 Å². The highest BCUT2D eigenvalue weighted by atomic mass is 16.1. The monoisotopic (exact) mass is 372 g/mol. The van der Waals surface area contributed by atoms with Crippen molar-refractivity contribution in [1.82, 2.24) is 0 Å². The third-order valence-corrected chi connectivity index (χ3v) is 6.41. The molecule has 1 saturated carbocycles. The third kappa shape index (κ3) is 8.04. The molecule has 152 valence electrons. The second-order valence-corrected chi connectivity index (χ2v) is 8.62. The topological polar surface area (TPSA) is 69.1 Å². The summed E-state index contributed by atoms with van der Waals surface area (Å²) in [4.78, 5) is 10.9. The summed E-state index contributed by atoms with van der Waals surface area (Å²) in [5.41, 5.74) is 14.0. The maximum atomic E-state index is 10.9. The van der Waals surface area contributed by atoms with Crippen LogP contribution in [0.15, 0.2) is 24.3 Å². The van der Waals surface area contributed by atoms with Crippen molar-refractivity contribution in [2.45, 2.75) is 89.9 Å². The van der Waals surface area contributed by atoms with Crippen LogP contribution in [0.5, 0.6) is 0 Å². The smallest absolute Gasteiger partial charge is 0.217 e. The third-order valence-electron chi connectivity index (χ3n) is 6.41. The molecule has 0 radical (unpaired) electrons. The zero-order valence-corrected chi connectivity index (χ0v) is 17.3. The van der Waals surface area contributed by atoms with E-state index >= 15 is 0 Å². The fraction of sp³-hybridized carbons (Fsp3) is 0.708. The Hall–Kier alpha value is -1.35. The molecule has 27 heavy (non-hydrogen) atoms. The van der Waals surface area contributed by atoms with Crippen LogP contribution >= 0.6 is 0 Å². The first-order chi connectivity index (χ1) is 13.1. The molecule has 1 unspecified atom stereocenters. The summed E-state index contributed by atoms with van der Waals surface area (Å²) < 4.78 is 0.